The zero-order chi connectivity index (χ0) is 9.54. The topological polar surface area (TPSA) is 40.3 Å². The van der Waals surface area contributed by atoms with E-state index in [4.69, 9.17) is 0 Å². The van der Waals surface area contributed by atoms with Crippen molar-refractivity contribution in [3.05, 3.63) is 33.7 Å². The Labute approximate surface area is 94.3 Å². The quantitative estimate of drug-likeness (QED) is 0.629. The van der Waals surface area contributed by atoms with Gasteiger partial charge in [-0.1, -0.05) is 0 Å². The SMILES string of the molecule is IC1=CC=C2C=CN=C3N=CN=C1N23. The summed E-state index contributed by atoms with van der Waals surface area (Å²) in [7, 11) is 0. The van der Waals surface area contributed by atoms with Gasteiger partial charge in [-0.05, 0) is 40.8 Å². The van der Waals surface area contributed by atoms with Crippen molar-refractivity contribution in [2.75, 3.05) is 0 Å². The molecule has 0 aromatic carbocycles. The number of allylic oxidation sites excluding steroid dienone is 3. The molecule has 0 radical (unpaired) electrons. The highest BCUT2D eigenvalue weighted by molar-refractivity contribution is 14.1. The summed E-state index contributed by atoms with van der Waals surface area (Å²) in [6.07, 6.45) is 9.31. The zero-order valence-electron chi connectivity index (χ0n) is 7.05. The number of aliphatic imine (C=N–C) groups is 3. The Balaban J connectivity index is 2.24. The molecule has 0 N–H and O–H groups in total. The predicted molar refractivity (Wildman–Crippen MR) is 64.5 cm³/mol. The number of guanidine groups is 1. The van der Waals surface area contributed by atoms with Crippen LogP contribution >= 0.6 is 22.6 Å². The normalized spacial score (nSPS) is 22.2. The fourth-order valence-corrected chi connectivity index (χ4v) is 2.02. The van der Waals surface area contributed by atoms with Gasteiger partial charge in [-0.2, -0.15) is 0 Å². The average Bonchev–Trinajstić information content (AvgIpc) is 2.24. The molecule has 4 nitrogen and oxygen atoms in total. The van der Waals surface area contributed by atoms with Gasteiger partial charge < -0.3 is 0 Å². The lowest BCUT2D eigenvalue weighted by atomic mass is 10.2. The summed E-state index contributed by atoms with van der Waals surface area (Å²) >= 11 is 2.25. The van der Waals surface area contributed by atoms with Gasteiger partial charge in [-0.3, -0.25) is 4.90 Å². The summed E-state index contributed by atoms with van der Waals surface area (Å²) in [4.78, 5) is 14.5. The second-order valence-electron chi connectivity index (χ2n) is 2.88. The minimum absolute atomic E-state index is 0.686. The van der Waals surface area contributed by atoms with Gasteiger partial charge >= 0.3 is 0 Å². The van der Waals surface area contributed by atoms with Crippen molar-refractivity contribution in [2.45, 2.75) is 0 Å². The monoisotopic (exact) mass is 296 g/mol. The van der Waals surface area contributed by atoms with E-state index in [0.29, 0.717) is 5.96 Å². The number of nitrogens with zero attached hydrogens (tertiary/aromatic N) is 4. The highest BCUT2D eigenvalue weighted by Gasteiger charge is 2.27. The summed E-state index contributed by atoms with van der Waals surface area (Å²) in [5.74, 6) is 1.59. The highest BCUT2D eigenvalue weighted by Crippen LogP contribution is 2.26. The fourth-order valence-electron chi connectivity index (χ4n) is 1.46. The van der Waals surface area contributed by atoms with E-state index >= 15 is 0 Å². The molecule has 0 unspecified atom stereocenters. The minimum atomic E-state index is 0.686. The van der Waals surface area contributed by atoms with Crippen LogP contribution < -0.4 is 0 Å². The molecular weight excluding hydrogens is 291 g/mol. The first-order valence-electron chi connectivity index (χ1n) is 4.09. The zero-order valence-corrected chi connectivity index (χ0v) is 9.21. The largest absolute Gasteiger partial charge is 0.262 e. The molecule has 0 fully saturated rings. The molecule has 0 amide bonds. The smallest absolute Gasteiger partial charge is 0.237 e. The van der Waals surface area contributed by atoms with Crippen molar-refractivity contribution in [3.63, 3.8) is 0 Å². The first-order chi connectivity index (χ1) is 6.86. The number of hydrogen-bond acceptors (Lipinski definition) is 4. The molecule has 3 heterocycles. The van der Waals surface area contributed by atoms with E-state index in [1.165, 1.54) is 0 Å². The van der Waals surface area contributed by atoms with Crippen LogP contribution in [0.5, 0.6) is 0 Å². The maximum absolute atomic E-state index is 4.23. The minimum Gasteiger partial charge on any atom is -0.262 e. The van der Waals surface area contributed by atoms with E-state index in [9.17, 15) is 0 Å². The van der Waals surface area contributed by atoms with Crippen molar-refractivity contribution in [1.82, 2.24) is 4.90 Å². The Morgan fingerprint density at radius 2 is 2.14 bits per heavy atom. The molecule has 5 heteroatoms. The fraction of sp³-hybridized carbons (Fsp3) is 0. The average molecular weight is 296 g/mol. The molecular formula is C9H5IN4. The van der Waals surface area contributed by atoms with Crippen LogP contribution in [-0.4, -0.2) is 23.0 Å². The van der Waals surface area contributed by atoms with Crippen LogP contribution in [0.2, 0.25) is 0 Å². The van der Waals surface area contributed by atoms with E-state index in [-0.39, 0.29) is 0 Å². The molecule has 0 spiro atoms. The molecule has 0 aromatic heterocycles. The van der Waals surface area contributed by atoms with Gasteiger partial charge in [0, 0.05) is 6.20 Å². The Bertz CT molecular complexity index is 479. The van der Waals surface area contributed by atoms with Gasteiger partial charge in [-0.25, -0.2) is 15.0 Å². The van der Waals surface area contributed by atoms with Crippen LogP contribution in [0.1, 0.15) is 0 Å². The lowest BCUT2D eigenvalue weighted by Gasteiger charge is -2.30. The van der Waals surface area contributed by atoms with E-state index in [2.05, 4.69) is 37.6 Å². The maximum atomic E-state index is 4.23. The third-order valence-corrected chi connectivity index (χ3v) is 2.91. The Hall–Kier alpha value is -1.24. The van der Waals surface area contributed by atoms with Crippen LogP contribution in [0.3, 0.4) is 0 Å². The summed E-state index contributed by atoms with van der Waals surface area (Å²) in [5, 5.41) is 0. The van der Waals surface area contributed by atoms with Crippen molar-refractivity contribution in [2.24, 2.45) is 15.0 Å². The highest BCUT2D eigenvalue weighted by atomic mass is 127. The van der Waals surface area contributed by atoms with Gasteiger partial charge in [0.2, 0.25) is 5.96 Å². The molecule has 3 rings (SSSR count). The van der Waals surface area contributed by atoms with Crippen LogP contribution in [0.25, 0.3) is 0 Å². The van der Waals surface area contributed by atoms with Gasteiger partial charge in [0.1, 0.15) is 6.34 Å². The molecule has 0 atom stereocenters. The number of rotatable bonds is 0. The van der Waals surface area contributed by atoms with Crippen molar-refractivity contribution >= 4 is 40.7 Å². The lowest BCUT2D eigenvalue weighted by Crippen LogP contribution is -2.39. The Morgan fingerprint density at radius 3 is 3.07 bits per heavy atom. The summed E-state index contributed by atoms with van der Waals surface area (Å²) in [6, 6.07) is 0. The van der Waals surface area contributed by atoms with Crippen molar-refractivity contribution < 1.29 is 0 Å². The molecule has 0 saturated carbocycles. The predicted octanol–water partition coefficient (Wildman–Crippen LogP) is 1.83. The van der Waals surface area contributed by atoms with E-state index < -0.39 is 0 Å². The molecule has 0 aromatic rings. The maximum Gasteiger partial charge on any atom is 0.237 e. The molecule has 0 bridgehead atoms. The first kappa shape index (κ1) is 8.10. The molecule has 68 valence electrons. The van der Waals surface area contributed by atoms with Gasteiger partial charge in [-0.15, -0.1) is 0 Å². The molecule has 0 saturated heterocycles. The molecule has 3 aliphatic rings. The van der Waals surface area contributed by atoms with E-state index in [1.54, 1.807) is 12.5 Å². The Morgan fingerprint density at radius 1 is 1.21 bits per heavy atom. The van der Waals surface area contributed by atoms with Crippen LogP contribution in [-0.2, 0) is 0 Å². The lowest BCUT2D eigenvalue weighted by molar-refractivity contribution is 0.748. The standard InChI is InChI=1S/C9H5IN4/c10-7-2-1-6-3-4-11-9-13-5-12-8(7)14(6)9/h1-5H. The first-order valence-corrected chi connectivity index (χ1v) is 5.17. The third-order valence-electron chi connectivity index (χ3n) is 2.07. The number of halogens is 1. The summed E-state index contributed by atoms with van der Waals surface area (Å²) in [5.41, 5.74) is 1.06. The Kier molecular flexibility index (Phi) is 1.66. The summed E-state index contributed by atoms with van der Waals surface area (Å²) < 4.78 is 1.10. The van der Waals surface area contributed by atoms with Crippen molar-refractivity contribution in [3.8, 4) is 0 Å². The third kappa shape index (κ3) is 1.02. The number of amidine groups is 1. The van der Waals surface area contributed by atoms with Gasteiger partial charge in [0.25, 0.3) is 0 Å². The molecule has 3 aliphatic heterocycles. The summed E-state index contributed by atoms with van der Waals surface area (Å²) in [6.45, 7) is 0. The molecule has 14 heavy (non-hydrogen) atoms. The van der Waals surface area contributed by atoms with E-state index in [1.807, 2.05) is 23.1 Å². The second-order valence-corrected chi connectivity index (χ2v) is 4.05. The van der Waals surface area contributed by atoms with Crippen molar-refractivity contribution in [1.29, 1.82) is 0 Å². The van der Waals surface area contributed by atoms with Crippen LogP contribution in [0.4, 0.5) is 0 Å². The van der Waals surface area contributed by atoms with Gasteiger partial charge in [0.05, 0.1) is 9.28 Å². The van der Waals surface area contributed by atoms with Crippen LogP contribution in [0.15, 0.2) is 48.7 Å². The van der Waals surface area contributed by atoms with Gasteiger partial charge in [0.15, 0.2) is 5.84 Å². The second kappa shape index (κ2) is 2.88. The van der Waals surface area contributed by atoms with Crippen LogP contribution in [0, 0.1) is 0 Å². The number of hydrogen-bond donors (Lipinski definition) is 0. The van der Waals surface area contributed by atoms with E-state index in [0.717, 1.165) is 15.1 Å². The molecule has 0 aliphatic carbocycles.